The molecule has 1 rings (SSSR count). The minimum absolute atomic E-state index is 0.0154. The Hall–Kier alpha value is -1.43. The van der Waals surface area contributed by atoms with Crippen LogP contribution in [-0.2, 0) is 11.3 Å². The average molecular weight is 212 g/mol. The molecule has 1 heterocycles. The second-order valence-electron chi connectivity index (χ2n) is 3.11. The van der Waals surface area contributed by atoms with E-state index < -0.39 is 0 Å². The maximum Gasteiger partial charge on any atom is 0.223 e. The Kier molecular flexibility index (Phi) is 4.76. The highest BCUT2D eigenvalue weighted by Gasteiger charge is 2.04. The van der Waals surface area contributed by atoms with Crippen molar-refractivity contribution < 1.29 is 9.32 Å². The Bertz CT molecular complexity index is 311. The van der Waals surface area contributed by atoms with Crippen molar-refractivity contribution in [1.82, 2.24) is 20.8 Å². The largest absolute Gasteiger partial charge is 0.349 e. The summed E-state index contributed by atoms with van der Waals surface area (Å²) < 4.78 is 4.77. The fraction of sp³-hybridized carbons (Fsp3) is 0.667. The number of amides is 1. The van der Waals surface area contributed by atoms with E-state index in [0.29, 0.717) is 31.2 Å². The summed E-state index contributed by atoms with van der Waals surface area (Å²) in [5.41, 5.74) is 0. The molecule has 0 aliphatic heterocycles. The lowest BCUT2D eigenvalue weighted by molar-refractivity contribution is -0.121. The van der Waals surface area contributed by atoms with E-state index in [2.05, 4.69) is 20.8 Å². The summed E-state index contributed by atoms with van der Waals surface area (Å²) in [6.07, 6.45) is 0.463. The lowest BCUT2D eigenvalue weighted by Gasteiger charge is -2.02. The summed E-state index contributed by atoms with van der Waals surface area (Å²) in [5, 5.41) is 9.45. The predicted molar refractivity (Wildman–Crippen MR) is 54.0 cm³/mol. The highest BCUT2D eigenvalue weighted by molar-refractivity contribution is 5.75. The van der Waals surface area contributed by atoms with Crippen LogP contribution in [0.15, 0.2) is 4.52 Å². The number of carbonyl (C=O) groups excluding carboxylic acids is 1. The van der Waals surface area contributed by atoms with Crippen LogP contribution in [0.5, 0.6) is 0 Å². The molecular weight excluding hydrogens is 196 g/mol. The van der Waals surface area contributed by atoms with Gasteiger partial charge in [-0.25, -0.2) is 0 Å². The first-order valence-corrected chi connectivity index (χ1v) is 4.99. The maximum absolute atomic E-state index is 11.3. The van der Waals surface area contributed by atoms with Crippen LogP contribution in [0.25, 0.3) is 0 Å². The zero-order valence-electron chi connectivity index (χ0n) is 9.04. The van der Waals surface area contributed by atoms with Gasteiger partial charge in [0.25, 0.3) is 0 Å². The van der Waals surface area contributed by atoms with Crippen LogP contribution in [-0.4, -0.2) is 29.1 Å². The quantitative estimate of drug-likeness (QED) is 0.648. The van der Waals surface area contributed by atoms with Gasteiger partial charge in [-0.1, -0.05) is 12.1 Å². The summed E-state index contributed by atoms with van der Waals surface area (Å²) in [5.74, 6) is 0.995. The highest BCUT2D eigenvalue weighted by atomic mass is 16.5. The van der Waals surface area contributed by atoms with Crippen LogP contribution in [0.2, 0.25) is 0 Å². The van der Waals surface area contributed by atoms with Gasteiger partial charge in [-0.3, -0.25) is 4.79 Å². The van der Waals surface area contributed by atoms with Gasteiger partial charge in [0.2, 0.25) is 11.8 Å². The average Bonchev–Trinajstić information content (AvgIpc) is 2.62. The maximum atomic E-state index is 11.3. The van der Waals surface area contributed by atoms with Crippen molar-refractivity contribution in [3.63, 3.8) is 0 Å². The van der Waals surface area contributed by atoms with E-state index >= 15 is 0 Å². The summed E-state index contributed by atoms with van der Waals surface area (Å²) >= 11 is 0. The number of aryl methyl sites for hydroxylation is 1. The van der Waals surface area contributed by atoms with Crippen LogP contribution >= 0.6 is 0 Å². The molecule has 0 radical (unpaired) electrons. The second kappa shape index (κ2) is 6.13. The van der Waals surface area contributed by atoms with Gasteiger partial charge in [-0.15, -0.1) is 0 Å². The second-order valence-corrected chi connectivity index (χ2v) is 3.11. The fourth-order valence-electron chi connectivity index (χ4n) is 1.06. The van der Waals surface area contributed by atoms with E-state index in [1.807, 2.05) is 6.92 Å². The SMILES string of the molecule is CCNCCC(=O)NCc1noc(C)n1. The first-order chi connectivity index (χ1) is 7.22. The molecule has 15 heavy (non-hydrogen) atoms. The van der Waals surface area contributed by atoms with Gasteiger partial charge in [0.05, 0.1) is 6.54 Å². The molecule has 0 spiro atoms. The molecule has 1 amide bonds. The number of hydrogen-bond donors (Lipinski definition) is 2. The minimum atomic E-state index is -0.0154. The van der Waals surface area contributed by atoms with E-state index in [1.54, 1.807) is 6.92 Å². The van der Waals surface area contributed by atoms with Gasteiger partial charge >= 0.3 is 0 Å². The van der Waals surface area contributed by atoms with Crippen molar-refractivity contribution in [2.45, 2.75) is 26.8 Å². The Morgan fingerprint density at radius 2 is 2.33 bits per heavy atom. The molecule has 0 aliphatic rings. The number of aromatic nitrogens is 2. The van der Waals surface area contributed by atoms with Crippen molar-refractivity contribution in [1.29, 1.82) is 0 Å². The summed E-state index contributed by atoms with van der Waals surface area (Å²) in [4.78, 5) is 15.2. The third-order valence-electron chi connectivity index (χ3n) is 1.79. The van der Waals surface area contributed by atoms with Gasteiger partial charge in [-0.05, 0) is 6.54 Å². The van der Waals surface area contributed by atoms with Crippen LogP contribution in [0.1, 0.15) is 25.1 Å². The van der Waals surface area contributed by atoms with Crippen LogP contribution < -0.4 is 10.6 Å². The molecule has 0 fully saturated rings. The number of nitrogens with one attached hydrogen (secondary N) is 2. The van der Waals surface area contributed by atoms with Crippen LogP contribution in [0.4, 0.5) is 0 Å². The van der Waals surface area contributed by atoms with E-state index in [1.165, 1.54) is 0 Å². The topological polar surface area (TPSA) is 80.0 Å². The molecule has 2 N–H and O–H groups in total. The van der Waals surface area contributed by atoms with E-state index in [0.717, 1.165) is 6.54 Å². The summed E-state index contributed by atoms with van der Waals surface area (Å²) in [7, 11) is 0. The lowest BCUT2D eigenvalue weighted by Crippen LogP contribution is -2.27. The molecule has 1 aromatic heterocycles. The predicted octanol–water partition coefficient (Wildman–Crippen LogP) is -0.00618. The van der Waals surface area contributed by atoms with E-state index in [4.69, 9.17) is 4.52 Å². The van der Waals surface area contributed by atoms with Crippen molar-refractivity contribution in [3.05, 3.63) is 11.7 Å². The molecular formula is C9H16N4O2. The number of rotatable bonds is 6. The molecule has 0 saturated carbocycles. The molecule has 0 aromatic carbocycles. The normalized spacial score (nSPS) is 10.3. The van der Waals surface area contributed by atoms with Crippen molar-refractivity contribution in [3.8, 4) is 0 Å². The van der Waals surface area contributed by atoms with Gasteiger partial charge in [-0.2, -0.15) is 4.98 Å². The lowest BCUT2D eigenvalue weighted by atomic mass is 10.4. The Morgan fingerprint density at radius 1 is 1.53 bits per heavy atom. The summed E-state index contributed by atoms with van der Waals surface area (Å²) in [6.45, 7) is 5.59. The molecule has 1 aromatic rings. The van der Waals surface area contributed by atoms with E-state index in [-0.39, 0.29) is 5.91 Å². The monoisotopic (exact) mass is 212 g/mol. The number of carbonyl (C=O) groups is 1. The van der Waals surface area contributed by atoms with Gasteiger partial charge < -0.3 is 15.2 Å². The molecule has 6 heteroatoms. The highest BCUT2D eigenvalue weighted by Crippen LogP contribution is 1.93. The minimum Gasteiger partial charge on any atom is -0.349 e. The van der Waals surface area contributed by atoms with Crippen molar-refractivity contribution in [2.75, 3.05) is 13.1 Å². The van der Waals surface area contributed by atoms with Crippen molar-refractivity contribution >= 4 is 5.91 Å². The Morgan fingerprint density at radius 3 is 2.93 bits per heavy atom. The third kappa shape index (κ3) is 4.55. The Balaban J connectivity index is 2.16. The number of hydrogen-bond acceptors (Lipinski definition) is 5. The van der Waals surface area contributed by atoms with E-state index in [9.17, 15) is 4.79 Å². The first kappa shape index (κ1) is 11.6. The third-order valence-corrected chi connectivity index (χ3v) is 1.79. The molecule has 0 atom stereocenters. The fourth-order valence-corrected chi connectivity index (χ4v) is 1.06. The van der Waals surface area contributed by atoms with Gasteiger partial charge in [0, 0.05) is 19.9 Å². The first-order valence-electron chi connectivity index (χ1n) is 4.99. The molecule has 0 bridgehead atoms. The van der Waals surface area contributed by atoms with Crippen molar-refractivity contribution in [2.24, 2.45) is 0 Å². The molecule has 6 nitrogen and oxygen atoms in total. The number of nitrogens with zero attached hydrogens (tertiary/aromatic N) is 2. The zero-order valence-corrected chi connectivity index (χ0v) is 9.04. The molecule has 0 saturated heterocycles. The smallest absolute Gasteiger partial charge is 0.223 e. The Labute approximate surface area is 88.4 Å². The summed E-state index contributed by atoms with van der Waals surface area (Å²) in [6, 6.07) is 0. The standard InChI is InChI=1S/C9H16N4O2/c1-3-10-5-4-9(14)11-6-8-12-7(2)15-13-8/h10H,3-6H2,1-2H3,(H,11,14). The van der Waals surface area contributed by atoms with Gasteiger partial charge in [0.15, 0.2) is 5.82 Å². The zero-order chi connectivity index (χ0) is 11.1. The molecule has 84 valence electrons. The van der Waals surface area contributed by atoms with Crippen LogP contribution in [0.3, 0.4) is 0 Å². The van der Waals surface area contributed by atoms with Crippen LogP contribution in [0, 0.1) is 6.92 Å². The molecule has 0 aliphatic carbocycles. The molecule has 0 unspecified atom stereocenters. The van der Waals surface area contributed by atoms with Gasteiger partial charge in [0.1, 0.15) is 0 Å².